The number of nitrogens with zero attached hydrogens (tertiary/aromatic N) is 3. The molecule has 0 amide bonds. The van der Waals surface area contributed by atoms with Crippen LogP contribution < -0.4 is 10.9 Å². The Bertz CT molecular complexity index is 1170. The van der Waals surface area contributed by atoms with Crippen molar-refractivity contribution in [3.05, 3.63) is 70.3 Å². The molecule has 0 unspecified atom stereocenters. The van der Waals surface area contributed by atoms with Crippen LogP contribution in [-0.4, -0.2) is 19.7 Å². The van der Waals surface area contributed by atoms with Crippen molar-refractivity contribution in [3.63, 3.8) is 0 Å². The van der Waals surface area contributed by atoms with Crippen LogP contribution in [0.5, 0.6) is 0 Å². The number of aryl methyl sites for hydroxylation is 2. The minimum Gasteiger partial charge on any atom is -0.361 e. The van der Waals surface area contributed by atoms with Crippen LogP contribution in [-0.2, 0) is 7.05 Å². The SMILES string of the molecule is Cc1ccccc1-c1nc(Nc2cnn(C)c(=O)c2C)cc2[nH]ccc12. The van der Waals surface area contributed by atoms with Gasteiger partial charge in [0.05, 0.1) is 23.1 Å². The van der Waals surface area contributed by atoms with Crippen LogP contribution in [0.2, 0.25) is 0 Å². The lowest BCUT2D eigenvalue weighted by molar-refractivity contribution is 0.702. The van der Waals surface area contributed by atoms with Crippen molar-refractivity contribution in [2.75, 3.05) is 5.32 Å². The van der Waals surface area contributed by atoms with Gasteiger partial charge in [0, 0.05) is 35.8 Å². The first-order chi connectivity index (χ1) is 12.5. The fourth-order valence-corrected chi connectivity index (χ4v) is 3.08. The maximum atomic E-state index is 12.1. The molecule has 0 saturated carbocycles. The molecule has 3 aromatic heterocycles. The van der Waals surface area contributed by atoms with E-state index in [0.29, 0.717) is 17.1 Å². The number of pyridine rings is 1. The van der Waals surface area contributed by atoms with Gasteiger partial charge in [-0.15, -0.1) is 0 Å². The third-order valence-electron chi connectivity index (χ3n) is 4.59. The zero-order valence-corrected chi connectivity index (χ0v) is 14.9. The van der Waals surface area contributed by atoms with E-state index in [1.165, 1.54) is 4.68 Å². The molecule has 6 heteroatoms. The average Bonchev–Trinajstić information content (AvgIpc) is 3.11. The molecule has 1 aromatic carbocycles. The van der Waals surface area contributed by atoms with Crippen LogP contribution >= 0.6 is 0 Å². The Labute approximate surface area is 150 Å². The quantitative estimate of drug-likeness (QED) is 0.594. The fourth-order valence-electron chi connectivity index (χ4n) is 3.08. The molecule has 0 spiro atoms. The van der Waals surface area contributed by atoms with Gasteiger partial charge in [-0.3, -0.25) is 4.79 Å². The van der Waals surface area contributed by atoms with Gasteiger partial charge in [-0.2, -0.15) is 5.10 Å². The molecule has 0 aliphatic rings. The molecule has 0 aliphatic carbocycles. The molecule has 6 nitrogen and oxygen atoms in total. The number of hydrogen-bond acceptors (Lipinski definition) is 4. The lowest BCUT2D eigenvalue weighted by atomic mass is 10.0. The number of benzene rings is 1. The first kappa shape index (κ1) is 16.1. The van der Waals surface area contributed by atoms with Crippen molar-refractivity contribution < 1.29 is 0 Å². The summed E-state index contributed by atoms with van der Waals surface area (Å²) < 4.78 is 1.32. The lowest BCUT2D eigenvalue weighted by Gasteiger charge is -2.12. The van der Waals surface area contributed by atoms with Crippen LogP contribution in [0.4, 0.5) is 11.5 Å². The van der Waals surface area contributed by atoms with Gasteiger partial charge in [0.2, 0.25) is 0 Å². The van der Waals surface area contributed by atoms with Gasteiger partial charge in [-0.25, -0.2) is 9.67 Å². The molecule has 2 N–H and O–H groups in total. The third-order valence-corrected chi connectivity index (χ3v) is 4.59. The molecule has 130 valence electrons. The fraction of sp³-hybridized carbons (Fsp3) is 0.150. The molecule has 0 saturated heterocycles. The van der Waals surface area contributed by atoms with Crippen LogP contribution in [0.25, 0.3) is 22.2 Å². The predicted octanol–water partition coefficient (Wildman–Crippen LogP) is 3.68. The molecule has 0 bridgehead atoms. The molecular weight excluding hydrogens is 326 g/mol. The standard InChI is InChI=1S/C20H19N5O/c1-12-6-4-5-7-14(12)19-15-8-9-21-16(15)10-18(24-19)23-17-11-22-25(3)20(26)13(17)2/h4-11,21H,1-3H3,(H,23,24). The van der Waals surface area contributed by atoms with E-state index >= 15 is 0 Å². The summed E-state index contributed by atoms with van der Waals surface area (Å²) in [6, 6.07) is 12.1. The van der Waals surface area contributed by atoms with Gasteiger partial charge in [0.25, 0.3) is 5.56 Å². The molecule has 4 aromatic rings. The second-order valence-corrected chi connectivity index (χ2v) is 6.35. The van der Waals surface area contributed by atoms with Crippen LogP contribution in [0.15, 0.2) is 53.6 Å². The Hall–Kier alpha value is -3.41. The molecule has 0 atom stereocenters. The molecule has 0 fully saturated rings. The molecule has 0 aliphatic heterocycles. The Morgan fingerprint density at radius 2 is 1.96 bits per heavy atom. The summed E-state index contributed by atoms with van der Waals surface area (Å²) in [6.07, 6.45) is 3.55. The van der Waals surface area contributed by atoms with E-state index in [-0.39, 0.29) is 5.56 Å². The summed E-state index contributed by atoms with van der Waals surface area (Å²) in [5.74, 6) is 0.663. The smallest absolute Gasteiger partial charge is 0.271 e. The summed E-state index contributed by atoms with van der Waals surface area (Å²) >= 11 is 0. The van der Waals surface area contributed by atoms with E-state index in [1.54, 1.807) is 20.2 Å². The molecular formula is C20H19N5O. The van der Waals surface area contributed by atoms with E-state index in [1.807, 2.05) is 30.5 Å². The highest BCUT2D eigenvalue weighted by Crippen LogP contribution is 2.31. The Kier molecular flexibility index (Phi) is 3.80. The number of H-pyrrole nitrogens is 1. The van der Waals surface area contributed by atoms with Crippen molar-refractivity contribution in [2.45, 2.75) is 13.8 Å². The molecule has 3 heterocycles. The van der Waals surface area contributed by atoms with Crippen molar-refractivity contribution in [2.24, 2.45) is 7.05 Å². The number of aromatic amines is 1. The topological polar surface area (TPSA) is 75.6 Å². The first-order valence-electron chi connectivity index (χ1n) is 8.38. The highest BCUT2D eigenvalue weighted by molar-refractivity contribution is 5.95. The summed E-state index contributed by atoms with van der Waals surface area (Å²) in [7, 11) is 1.64. The number of hydrogen-bond donors (Lipinski definition) is 2. The van der Waals surface area contributed by atoms with Crippen molar-refractivity contribution in [1.82, 2.24) is 19.7 Å². The number of fused-ring (bicyclic) bond motifs is 1. The van der Waals surface area contributed by atoms with Gasteiger partial charge in [0.15, 0.2) is 0 Å². The normalized spacial score (nSPS) is 11.0. The maximum absolute atomic E-state index is 12.1. The van der Waals surface area contributed by atoms with Gasteiger partial charge in [0.1, 0.15) is 5.82 Å². The largest absolute Gasteiger partial charge is 0.361 e. The number of aromatic nitrogens is 4. The highest BCUT2D eigenvalue weighted by atomic mass is 16.1. The van der Waals surface area contributed by atoms with Crippen molar-refractivity contribution in [1.29, 1.82) is 0 Å². The monoisotopic (exact) mass is 345 g/mol. The Morgan fingerprint density at radius 1 is 1.15 bits per heavy atom. The lowest BCUT2D eigenvalue weighted by Crippen LogP contribution is -2.22. The summed E-state index contributed by atoms with van der Waals surface area (Å²) in [5.41, 5.74) is 5.25. The van der Waals surface area contributed by atoms with E-state index in [4.69, 9.17) is 4.98 Å². The average molecular weight is 345 g/mol. The summed E-state index contributed by atoms with van der Waals surface area (Å²) in [5, 5.41) is 8.39. The van der Waals surface area contributed by atoms with E-state index < -0.39 is 0 Å². The van der Waals surface area contributed by atoms with Crippen molar-refractivity contribution >= 4 is 22.4 Å². The van der Waals surface area contributed by atoms with Crippen LogP contribution in [0.3, 0.4) is 0 Å². The first-order valence-corrected chi connectivity index (χ1v) is 8.38. The van der Waals surface area contributed by atoms with Crippen LogP contribution in [0, 0.1) is 13.8 Å². The minimum absolute atomic E-state index is 0.130. The van der Waals surface area contributed by atoms with E-state index in [2.05, 4.69) is 34.5 Å². The summed E-state index contributed by atoms with van der Waals surface area (Å²) in [6.45, 7) is 3.85. The molecule has 26 heavy (non-hydrogen) atoms. The van der Waals surface area contributed by atoms with Gasteiger partial charge < -0.3 is 10.3 Å². The maximum Gasteiger partial charge on any atom is 0.271 e. The van der Waals surface area contributed by atoms with Gasteiger partial charge >= 0.3 is 0 Å². The van der Waals surface area contributed by atoms with Gasteiger partial charge in [-0.1, -0.05) is 24.3 Å². The summed E-state index contributed by atoms with van der Waals surface area (Å²) in [4.78, 5) is 20.2. The zero-order valence-electron chi connectivity index (χ0n) is 14.9. The second-order valence-electron chi connectivity index (χ2n) is 6.35. The second kappa shape index (κ2) is 6.15. The number of anilines is 2. The zero-order chi connectivity index (χ0) is 18.3. The minimum atomic E-state index is -0.130. The van der Waals surface area contributed by atoms with E-state index in [0.717, 1.165) is 27.7 Å². The molecule has 4 rings (SSSR count). The Balaban J connectivity index is 1.86. The number of rotatable bonds is 3. The van der Waals surface area contributed by atoms with E-state index in [9.17, 15) is 4.79 Å². The van der Waals surface area contributed by atoms with Crippen molar-refractivity contribution in [3.8, 4) is 11.3 Å². The highest BCUT2D eigenvalue weighted by Gasteiger charge is 2.13. The van der Waals surface area contributed by atoms with Crippen LogP contribution in [0.1, 0.15) is 11.1 Å². The Morgan fingerprint density at radius 3 is 2.77 bits per heavy atom. The predicted molar refractivity (Wildman–Crippen MR) is 104 cm³/mol. The molecule has 0 radical (unpaired) electrons. The third kappa shape index (κ3) is 2.65. The number of nitrogens with one attached hydrogen (secondary N) is 2. The van der Waals surface area contributed by atoms with Gasteiger partial charge in [-0.05, 0) is 25.5 Å².